The maximum atomic E-state index is 13.8. The van der Waals surface area contributed by atoms with E-state index in [4.69, 9.17) is 4.74 Å². The predicted octanol–water partition coefficient (Wildman–Crippen LogP) is 4.89. The molecule has 1 aliphatic heterocycles. The topological polar surface area (TPSA) is 87.3 Å². The Kier molecular flexibility index (Phi) is 6.48. The molecule has 2 heterocycles. The molecule has 0 fully saturated rings. The number of aromatic amines is 1. The van der Waals surface area contributed by atoms with Crippen LogP contribution in [0, 0.1) is 0 Å². The van der Waals surface area contributed by atoms with Crippen molar-refractivity contribution >= 4 is 22.9 Å². The van der Waals surface area contributed by atoms with Gasteiger partial charge in [0.15, 0.2) is 0 Å². The first-order valence-electron chi connectivity index (χ1n) is 11.9. The lowest BCUT2D eigenvalue weighted by atomic mass is 9.92. The molecule has 0 bridgehead atoms. The van der Waals surface area contributed by atoms with Crippen molar-refractivity contribution in [1.82, 2.24) is 20.4 Å². The van der Waals surface area contributed by atoms with Gasteiger partial charge in [-0.05, 0) is 48.1 Å². The molecule has 7 heteroatoms. The Morgan fingerprint density at radius 3 is 2.63 bits per heavy atom. The minimum atomic E-state index is -0.683. The van der Waals surface area contributed by atoms with E-state index in [1.165, 1.54) is 0 Å². The van der Waals surface area contributed by atoms with Gasteiger partial charge in [0.2, 0.25) is 5.91 Å². The van der Waals surface area contributed by atoms with E-state index in [0.29, 0.717) is 19.4 Å². The minimum absolute atomic E-state index is 0.121. The number of alkyl carbamates (subject to hydrolysis) is 1. The van der Waals surface area contributed by atoms with E-state index >= 15 is 0 Å². The molecule has 2 N–H and O–H groups in total. The summed E-state index contributed by atoms with van der Waals surface area (Å²) in [6, 6.07) is 22.7. The second-order valence-corrected chi connectivity index (χ2v) is 8.88. The molecule has 0 unspecified atom stereocenters. The van der Waals surface area contributed by atoms with Gasteiger partial charge < -0.3 is 15.0 Å². The number of aromatic nitrogens is 2. The molecular weight excluding hydrogens is 440 g/mol. The third-order valence-electron chi connectivity index (χ3n) is 6.70. The van der Waals surface area contributed by atoms with Crippen LogP contribution in [0.2, 0.25) is 0 Å². The molecule has 7 nitrogen and oxygen atoms in total. The number of rotatable bonds is 5. The summed E-state index contributed by atoms with van der Waals surface area (Å²) >= 11 is 0. The lowest BCUT2D eigenvalue weighted by Crippen LogP contribution is -2.50. The van der Waals surface area contributed by atoms with Crippen molar-refractivity contribution in [2.24, 2.45) is 0 Å². The first kappa shape index (κ1) is 22.7. The number of carbonyl (C=O) groups excluding carboxylic acids is 2. The third kappa shape index (κ3) is 4.89. The Bertz CT molecular complexity index is 1320. The lowest BCUT2D eigenvalue weighted by molar-refractivity contribution is -0.136. The zero-order valence-corrected chi connectivity index (χ0v) is 19.6. The Morgan fingerprint density at radius 2 is 1.86 bits per heavy atom. The second-order valence-electron chi connectivity index (χ2n) is 8.88. The molecule has 178 valence electrons. The minimum Gasteiger partial charge on any atom is -0.445 e. The number of hydrogen-bond acceptors (Lipinski definition) is 4. The number of hydrogen-bond donors (Lipinski definition) is 2. The monoisotopic (exact) mass is 468 g/mol. The normalized spacial score (nSPS) is 16.8. The number of benzene rings is 3. The summed E-state index contributed by atoms with van der Waals surface area (Å²) in [6.07, 6.45) is 2.38. The van der Waals surface area contributed by atoms with Crippen molar-refractivity contribution in [2.45, 2.75) is 45.0 Å². The SMILES string of the molecule is C[C@H](c1ccccc1)N1Cc2c(ccc3[nH]ncc23)CC[C@@H](NC(=O)OCc2ccccc2)C1=O. The summed E-state index contributed by atoms with van der Waals surface area (Å²) in [7, 11) is 0. The third-order valence-corrected chi connectivity index (χ3v) is 6.70. The lowest BCUT2D eigenvalue weighted by Gasteiger charge is -2.35. The van der Waals surface area contributed by atoms with Crippen molar-refractivity contribution in [3.8, 4) is 0 Å². The quantitative estimate of drug-likeness (QED) is 0.436. The van der Waals surface area contributed by atoms with Crippen LogP contribution >= 0.6 is 0 Å². The largest absolute Gasteiger partial charge is 0.445 e. The Hall–Kier alpha value is -4.13. The molecule has 0 aliphatic carbocycles. The van der Waals surface area contributed by atoms with Gasteiger partial charge in [0.25, 0.3) is 0 Å². The number of H-pyrrole nitrogens is 1. The van der Waals surface area contributed by atoms with Gasteiger partial charge >= 0.3 is 6.09 Å². The van der Waals surface area contributed by atoms with Gasteiger partial charge in [-0.15, -0.1) is 0 Å². The molecule has 0 saturated carbocycles. The van der Waals surface area contributed by atoms with E-state index in [1.807, 2.05) is 84.8 Å². The number of aryl methyl sites for hydroxylation is 1. The van der Waals surface area contributed by atoms with Crippen molar-refractivity contribution in [3.63, 3.8) is 0 Å². The average molecular weight is 469 g/mol. The van der Waals surface area contributed by atoms with Crippen LogP contribution in [0.25, 0.3) is 10.9 Å². The number of nitrogens with zero attached hydrogens (tertiary/aromatic N) is 2. The van der Waals surface area contributed by atoms with Crippen LogP contribution in [-0.4, -0.2) is 33.1 Å². The van der Waals surface area contributed by atoms with E-state index < -0.39 is 12.1 Å². The highest BCUT2D eigenvalue weighted by molar-refractivity contribution is 5.88. The molecule has 35 heavy (non-hydrogen) atoms. The van der Waals surface area contributed by atoms with Crippen LogP contribution in [0.1, 0.15) is 41.6 Å². The fourth-order valence-electron chi connectivity index (χ4n) is 4.69. The Morgan fingerprint density at radius 1 is 1.11 bits per heavy atom. The maximum absolute atomic E-state index is 13.8. The van der Waals surface area contributed by atoms with Crippen LogP contribution in [0.4, 0.5) is 4.79 Å². The highest BCUT2D eigenvalue weighted by Crippen LogP contribution is 2.31. The molecule has 0 saturated heterocycles. The van der Waals surface area contributed by atoms with Crippen molar-refractivity contribution in [3.05, 3.63) is 101 Å². The Balaban J connectivity index is 1.42. The number of nitrogens with one attached hydrogen (secondary N) is 2. The zero-order chi connectivity index (χ0) is 24.2. The van der Waals surface area contributed by atoms with Crippen molar-refractivity contribution in [2.75, 3.05) is 0 Å². The fourth-order valence-corrected chi connectivity index (χ4v) is 4.69. The van der Waals surface area contributed by atoms with Gasteiger partial charge in [0.05, 0.1) is 17.8 Å². The van der Waals surface area contributed by atoms with Crippen LogP contribution in [0.5, 0.6) is 0 Å². The maximum Gasteiger partial charge on any atom is 0.408 e. The highest BCUT2D eigenvalue weighted by Gasteiger charge is 2.33. The summed E-state index contributed by atoms with van der Waals surface area (Å²) in [6.45, 7) is 2.60. The van der Waals surface area contributed by atoms with Gasteiger partial charge in [0, 0.05) is 11.9 Å². The summed E-state index contributed by atoms with van der Waals surface area (Å²) in [4.78, 5) is 28.3. The highest BCUT2D eigenvalue weighted by atomic mass is 16.5. The van der Waals surface area contributed by atoms with Gasteiger partial charge in [-0.2, -0.15) is 5.10 Å². The van der Waals surface area contributed by atoms with Crippen molar-refractivity contribution < 1.29 is 14.3 Å². The standard InChI is InChI=1S/C28H28N4O3/c1-19(21-10-6-3-7-11-21)32-17-24-22(12-14-25-23(24)16-29-31-25)13-15-26(27(32)33)30-28(34)35-18-20-8-4-2-5-9-20/h2-12,14,16,19,26H,13,15,17-18H2,1H3,(H,29,31)(H,30,34)/t19-,26-/m1/s1. The first-order valence-corrected chi connectivity index (χ1v) is 11.9. The number of fused-ring (bicyclic) bond motifs is 3. The molecule has 2 amide bonds. The van der Waals surface area contributed by atoms with Crippen LogP contribution in [0.15, 0.2) is 79.0 Å². The zero-order valence-electron chi connectivity index (χ0n) is 19.6. The molecule has 2 atom stereocenters. The second kappa shape index (κ2) is 10.0. The van der Waals surface area contributed by atoms with E-state index in [0.717, 1.165) is 33.2 Å². The molecule has 1 aromatic heterocycles. The Labute approximate surface area is 204 Å². The molecule has 1 aliphatic rings. The fraction of sp³-hybridized carbons (Fsp3) is 0.250. The molecule has 4 aromatic rings. The molecule has 3 aromatic carbocycles. The predicted molar refractivity (Wildman–Crippen MR) is 133 cm³/mol. The van der Waals surface area contributed by atoms with E-state index in [-0.39, 0.29) is 18.6 Å². The molecular formula is C28H28N4O3. The van der Waals surface area contributed by atoms with Crippen LogP contribution in [0.3, 0.4) is 0 Å². The molecule has 0 spiro atoms. The number of ether oxygens (including phenoxy) is 1. The van der Waals surface area contributed by atoms with Crippen LogP contribution in [-0.2, 0) is 29.1 Å². The van der Waals surface area contributed by atoms with E-state index in [1.54, 1.807) is 0 Å². The summed E-state index contributed by atoms with van der Waals surface area (Å²) in [5.74, 6) is -0.121. The molecule has 0 radical (unpaired) electrons. The number of amides is 2. The summed E-state index contributed by atoms with van der Waals surface area (Å²) in [5.41, 5.74) is 5.12. The van der Waals surface area contributed by atoms with Gasteiger partial charge in [-0.1, -0.05) is 66.7 Å². The molecule has 5 rings (SSSR count). The first-order chi connectivity index (χ1) is 17.1. The van der Waals surface area contributed by atoms with Crippen LogP contribution < -0.4 is 5.32 Å². The average Bonchev–Trinajstić information content (AvgIpc) is 3.37. The summed E-state index contributed by atoms with van der Waals surface area (Å²) < 4.78 is 5.42. The van der Waals surface area contributed by atoms with E-state index in [2.05, 4.69) is 21.6 Å². The summed E-state index contributed by atoms with van der Waals surface area (Å²) in [5, 5.41) is 11.1. The smallest absolute Gasteiger partial charge is 0.408 e. The van der Waals surface area contributed by atoms with Crippen molar-refractivity contribution in [1.29, 1.82) is 0 Å². The van der Waals surface area contributed by atoms with Gasteiger partial charge in [-0.3, -0.25) is 9.89 Å². The van der Waals surface area contributed by atoms with Gasteiger partial charge in [0.1, 0.15) is 12.6 Å². The van der Waals surface area contributed by atoms with Gasteiger partial charge in [-0.25, -0.2) is 4.79 Å². The van der Waals surface area contributed by atoms with E-state index in [9.17, 15) is 9.59 Å². The number of carbonyl (C=O) groups is 2.